The first kappa shape index (κ1) is 6.68. The zero-order valence-electron chi connectivity index (χ0n) is 6.52. The maximum Gasteiger partial charge on any atom is 0.116 e. The molecule has 0 bridgehead atoms. The van der Waals surface area contributed by atoms with Gasteiger partial charge in [0.25, 0.3) is 0 Å². The Balaban J connectivity index is 2.60. The van der Waals surface area contributed by atoms with E-state index in [1.807, 2.05) is 19.1 Å². The number of aromatic hydroxyl groups is 1. The van der Waals surface area contributed by atoms with Gasteiger partial charge in [0, 0.05) is 13.1 Å². The number of aryl methyl sites for hydroxylation is 1. The van der Waals surface area contributed by atoms with Crippen LogP contribution in [0.25, 0.3) is 0 Å². The Morgan fingerprint density at radius 3 is 3.00 bits per heavy atom. The van der Waals surface area contributed by atoms with Crippen molar-refractivity contribution >= 4 is 0 Å². The fourth-order valence-electron chi connectivity index (χ4n) is 1.60. The molecule has 1 aromatic carbocycles. The van der Waals surface area contributed by atoms with Crippen LogP contribution in [0.4, 0.5) is 0 Å². The maximum absolute atomic E-state index is 9.25. The number of benzene rings is 1. The second-order valence-corrected chi connectivity index (χ2v) is 3.00. The average Bonchev–Trinajstić information content (AvgIpc) is 2.34. The summed E-state index contributed by atoms with van der Waals surface area (Å²) in [6.45, 7) is 3.87. The lowest BCUT2D eigenvalue weighted by Crippen LogP contribution is -2.00. The van der Waals surface area contributed by atoms with Crippen molar-refractivity contribution in [3.8, 4) is 5.75 Å². The number of rotatable bonds is 0. The minimum Gasteiger partial charge on any atom is -0.508 e. The smallest absolute Gasteiger partial charge is 0.116 e. The number of phenolic OH excluding ortho intramolecular Hbond substituents is 1. The number of fused-ring (bicyclic) bond motifs is 1. The molecule has 2 rings (SSSR count). The molecule has 0 aliphatic carbocycles. The molecule has 2 nitrogen and oxygen atoms in total. The van der Waals surface area contributed by atoms with Crippen LogP contribution in [0.15, 0.2) is 12.1 Å². The highest BCUT2D eigenvalue weighted by atomic mass is 16.3. The van der Waals surface area contributed by atoms with Crippen LogP contribution in [0.1, 0.15) is 16.7 Å². The van der Waals surface area contributed by atoms with Gasteiger partial charge in [-0.3, -0.25) is 0 Å². The maximum atomic E-state index is 9.25. The van der Waals surface area contributed by atoms with Gasteiger partial charge in [-0.25, -0.2) is 0 Å². The van der Waals surface area contributed by atoms with Gasteiger partial charge in [0.2, 0.25) is 0 Å². The Morgan fingerprint density at radius 2 is 2.18 bits per heavy atom. The quantitative estimate of drug-likeness (QED) is 0.582. The largest absolute Gasteiger partial charge is 0.508 e. The van der Waals surface area contributed by atoms with Gasteiger partial charge in [0.15, 0.2) is 0 Å². The number of phenols is 1. The van der Waals surface area contributed by atoms with Gasteiger partial charge in [-0.05, 0) is 35.7 Å². The molecule has 0 spiro atoms. The summed E-state index contributed by atoms with van der Waals surface area (Å²) in [5.74, 6) is 0.380. The lowest BCUT2D eigenvalue weighted by atomic mass is 10.0. The summed E-state index contributed by atoms with van der Waals surface area (Å²) in [4.78, 5) is 0. The Bertz CT molecular complexity index is 294. The highest BCUT2D eigenvalue weighted by Crippen LogP contribution is 2.24. The molecule has 0 radical (unpaired) electrons. The first-order valence-corrected chi connectivity index (χ1v) is 3.79. The van der Waals surface area contributed by atoms with Crippen LogP contribution in [0.3, 0.4) is 0 Å². The SMILES string of the molecule is Cc1cc(O)cc2c1CNC2. The third-order valence-corrected chi connectivity index (χ3v) is 2.17. The molecule has 58 valence electrons. The van der Waals surface area contributed by atoms with Gasteiger partial charge < -0.3 is 10.4 Å². The molecule has 0 unspecified atom stereocenters. The van der Waals surface area contributed by atoms with Crippen molar-refractivity contribution < 1.29 is 5.11 Å². The lowest BCUT2D eigenvalue weighted by molar-refractivity contribution is 0.474. The minimum atomic E-state index is 0.380. The molecular weight excluding hydrogens is 138 g/mol. The Morgan fingerprint density at radius 1 is 1.36 bits per heavy atom. The fourth-order valence-corrected chi connectivity index (χ4v) is 1.60. The van der Waals surface area contributed by atoms with E-state index in [1.54, 1.807) is 0 Å². The average molecular weight is 149 g/mol. The van der Waals surface area contributed by atoms with Gasteiger partial charge >= 0.3 is 0 Å². The molecule has 2 heteroatoms. The van der Waals surface area contributed by atoms with Crippen LogP contribution in [-0.4, -0.2) is 5.11 Å². The van der Waals surface area contributed by atoms with Crippen LogP contribution in [0.2, 0.25) is 0 Å². The van der Waals surface area contributed by atoms with Crippen molar-refractivity contribution in [2.45, 2.75) is 20.0 Å². The molecule has 0 amide bonds. The summed E-state index contributed by atoms with van der Waals surface area (Å²) >= 11 is 0. The fraction of sp³-hybridized carbons (Fsp3) is 0.333. The van der Waals surface area contributed by atoms with Gasteiger partial charge in [0.1, 0.15) is 5.75 Å². The van der Waals surface area contributed by atoms with Crippen LogP contribution in [-0.2, 0) is 13.1 Å². The van der Waals surface area contributed by atoms with Gasteiger partial charge in [-0.2, -0.15) is 0 Å². The van der Waals surface area contributed by atoms with E-state index >= 15 is 0 Å². The van der Waals surface area contributed by atoms with E-state index in [0.29, 0.717) is 5.75 Å². The summed E-state index contributed by atoms with van der Waals surface area (Å²) in [6.07, 6.45) is 0. The summed E-state index contributed by atoms with van der Waals surface area (Å²) in [5.41, 5.74) is 3.77. The zero-order valence-corrected chi connectivity index (χ0v) is 6.52. The molecule has 1 heterocycles. The molecule has 1 aliphatic heterocycles. The van der Waals surface area contributed by atoms with Crippen molar-refractivity contribution in [1.29, 1.82) is 0 Å². The molecule has 0 saturated heterocycles. The van der Waals surface area contributed by atoms with E-state index < -0.39 is 0 Å². The molecule has 0 aromatic heterocycles. The molecule has 2 N–H and O–H groups in total. The molecule has 11 heavy (non-hydrogen) atoms. The molecule has 0 saturated carbocycles. The van der Waals surface area contributed by atoms with Gasteiger partial charge in [0.05, 0.1) is 0 Å². The third-order valence-electron chi connectivity index (χ3n) is 2.17. The van der Waals surface area contributed by atoms with Crippen molar-refractivity contribution in [1.82, 2.24) is 5.32 Å². The normalized spacial score (nSPS) is 15.0. The zero-order chi connectivity index (χ0) is 7.84. The van der Waals surface area contributed by atoms with Crippen molar-refractivity contribution in [2.75, 3.05) is 0 Å². The van der Waals surface area contributed by atoms with E-state index in [1.165, 1.54) is 16.7 Å². The Hall–Kier alpha value is -1.02. The molecule has 0 atom stereocenters. The summed E-state index contributed by atoms with van der Waals surface area (Å²) < 4.78 is 0. The Kier molecular flexibility index (Phi) is 1.36. The second kappa shape index (κ2) is 2.24. The summed E-state index contributed by atoms with van der Waals surface area (Å²) in [7, 11) is 0. The topological polar surface area (TPSA) is 32.3 Å². The highest BCUT2D eigenvalue weighted by Gasteiger charge is 2.12. The Labute approximate surface area is 65.9 Å². The highest BCUT2D eigenvalue weighted by molar-refractivity contribution is 5.42. The number of hydrogen-bond acceptors (Lipinski definition) is 2. The molecule has 1 aliphatic rings. The van der Waals surface area contributed by atoms with E-state index in [4.69, 9.17) is 0 Å². The molecular formula is C9H11NO. The summed E-state index contributed by atoms with van der Waals surface area (Å²) in [6, 6.07) is 3.65. The molecule has 1 aromatic rings. The lowest BCUT2D eigenvalue weighted by Gasteiger charge is -2.02. The van der Waals surface area contributed by atoms with Gasteiger partial charge in [-0.15, -0.1) is 0 Å². The second-order valence-electron chi connectivity index (χ2n) is 3.00. The predicted molar refractivity (Wildman–Crippen MR) is 43.4 cm³/mol. The standard InChI is InChI=1S/C9H11NO/c1-6-2-8(11)3-7-4-10-5-9(6)7/h2-3,10-11H,4-5H2,1H3. The molecule has 0 fully saturated rings. The number of nitrogens with one attached hydrogen (secondary N) is 1. The van der Waals surface area contributed by atoms with E-state index in [0.717, 1.165) is 13.1 Å². The van der Waals surface area contributed by atoms with Crippen LogP contribution >= 0.6 is 0 Å². The van der Waals surface area contributed by atoms with E-state index in [2.05, 4.69) is 5.32 Å². The number of hydrogen-bond donors (Lipinski definition) is 2. The van der Waals surface area contributed by atoms with Crippen molar-refractivity contribution in [3.05, 3.63) is 28.8 Å². The van der Waals surface area contributed by atoms with Crippen molar-refractivity contribution in [2.24, 2.45) is 0 Å². The van der Waals surface area contributed by atoms with Crippen molar-refractivity contribution in [3.63, 3.8) is 0 Å². The van der Waals surface area contributed by atoms with Crippen LogP contribution in [0, 0.1) is 6.92 Å². The van der Waals surface area contributed by atoms with E-state index in [9.17, 15) is 5.11 Å². The first-order valence-electron chi connectivity index (χ1n) is 3.79. The van der Waals surface area contributed by atoms with Crippen LogP contribution < -0.4 is 5.32 Å². The minimum absolute atomic E-state index is 0.380. The summed E-state index contributed by atoms with van der Waals surface area (Å²) in [5, 5.41) is 12.5. The first-order chi connectivity index (χ1) is 5.27. The van der Waals surface area contributed by atoms with Gasteiger partial charge in [-0.1, -0.05) is 0 Å². The predicted octanol–water partition coefficient (Wildman–Crippen LogP) is 1.30. The van der Waals surface area contributed by atoms with E-state index in [-0.39, 0.29) is 0 Å². The van der Waals surface area contributed by atoms with Crippen LogP contribution in [0.5, 0.6) is 5.75 Å². The monoisotopic (exact) mass is 149 g/mol. The third kappa shape index (κ3) is 0.994.